The van der Waals surface area contributed by atoms with Crippen LogP contribution >= 0.6 is 0 Å². The van der Waals surface area contributed by atoms with Gasteiger partial charge in [-0.2, -0.15) is 0 Å². The number of carbonyl (C=O) groups is 1. The second-order valence-corrected chi connectivity index (χ2v) is 8.72. The Balaban J connectivity index is 1.50. The topological polar surface area (TPSA) is 97.4 Å². The van der Waals surface area contributed by atoms with Gasteiger partial charge in [0.15, 0.2) is 9.84 Å². The number of rotatable bonds is 7. The Morgan fingerprint density at radius 3 is 2.74 bits per heavy atom. The van der Waals surface area contributed by atoms with Crippen LogP contribution in [0.15, 0.2) is 42.6 Å². The van der Waals surface area contributed by atoms with E-state index in [1.807, 2.05) is 24.3 Å². The van der Waals surface area contributed by atoms with Crippen molar-refractivity contribution in [3.8, 4) is 5.75 Å². The Kier molecular flexibility index (Phi) is 5.95. The highest BCUT2D eigenvalue weighted by Gasteiger charge is 2.29. The predicted octanol–water partition coefficient (Wildman–Crippen LogP) is 1.66. The van der Waals surface area contributed by atoms with E-state index in [9.17, 15) is 13.2 Å². The fraction of sp³-hybridized carbons (Fsp3) is 0.368. The predicted molar refractivity (Wildman–Crippen MR) is 104 cm³/mol. The molecule has 1 atom stereocenters. The number of hydrogen-bond acceptors (Lipinski definition) is 6. The zero-order valence-electron chi connectivity index (χ0n) is 15.1. The minimum atomic E-state index is -3.02. The van der Waals surface area contributed by atoms with Crippen molar-refractivity contribution in [1.29, 1.82) is 0 Å². The van der Waals surface area contributed by atoms with Crippen LogP contribution in [0.1, 0.15) is 22.3 Å². The number of amides is 1. The number of carbonyl (C=O) groups excluding carboxylic acids is 1. The van der Waals surface area contributed by atoms with Gasteiger partial charge >= 0.3 is 0 Å². The summed E-state index contributed by atoms with van der Waals surface area (Å²) in [5.74, 6) is 1.36. The summed E-state index contributed by atoms with van der Waals surface area (Å²) in [6.45, 7) is 0.679. The smallest absolute Gasteiger partial charge is 0.253 e. The Morgan fingerprint density at radius 1 is 1.26 bits per heavy atom. The largest absolute Gasteiger partial charge is 0.496 e. The molecule has 8 heteroatoms. The van der Waals surface area contributed by atoms with Crippen molar-refractivity contribution in [2.24, 2.45) is 0 Å². The van der Waals surface area contributed by atoms with Crippen LogP contribution < -0.4 is 15.4 Å². The average molecular weight is 389 g/mol. The van der Waals surface area contributed by atoms with Crippen LogP contribution in [-0.2, 0) is 16.3 Å². The Labute approximate surface area is 159 Å². The first-order valence-corrected chi connectivity index (χ1v) is 10.6. The van der Waals surface area contributed by atoms with E-state index in [-0.39, 0.29) is 23.5 Å². The van der Waals surface area contributed by atoms with Crippen molar-refractivity contribution in [1.82, 2.24) is 10.3 Å². The molecular formula is C19H23N3O4S. The van der Waals surface area contributed by atoms with Crippen LogP contribution in [-0.4, -0.2) is 50.5 Å². The monoisotopic (exact) mass is 389 g/mol. The van der Waals surface area contributed by atoms with Gasteiger partial charge < -0.3 is 15.4 Å². The number of anilines is 1. The summed E-state index contributed by atoms with van der Waals surface area (Å²) >= 11 is 0. The number of nitrogens with one attached hydrogen (secondary N) is 2. The van der Waals surface area contributed by atoms with Gasteiger partial charge in [0.25, 0.3) is 5.91 Å². The number of pyridine rings is 1. The van der Waals surface area contributed by atoms with E-state index in [1.54, 1.807) is 19.2 Å². The molecule has 3 rings (SSSR count). The lowest BCUT2D eigenvalue weighted by Crippen LogP contribution is -2.35. The molecular weight excluding hydrogens is 366 g/mol. The molecule has 1 saturated heterocycles. The normalized spacial score (nSPS) is 18.0. The number of nitrogens with zero attached hydrogens (tertiary/aromatic N) is 1. The highest BCUT2D eigenvalue weighted by molar-refractivity contribution is 7.91. The maximum Gasteiger partial charge on any atom is 0.253 e. The number of para-hydroxylation sites is 1. The summed E-state index contributed by atoms with van der Waals surface area (Å²) in [7, 11) is -1.37. The van der Waals surface area contributed by atoms with Crippen LogP contribution in [0.5, 0.6) is 5.75 Å². The number of hydrogen-bond donors (Lipinski definition) is 2. The molecule has 1 fully saturated rings. The van der Waals surface area contributed by atoms with Crippen LogP contribution in [0, 0.1) is 0 Å². The lowest BCUT2D eigenvalue weighted by molar-refractivity contribution is 0.0941. The molecule has 2 N–H and O–H groups in total. The molecule has 1 aliphatic rings. The zero-order valence-corrected chi connectivity index (χ0v) is 16.0. The summed E-state index contributed by atoms with van der Waals surface area (Å²) in [6, 6.07) is 10.9. The molecule has 7 nitrogen and oxygen atoms in total. The minimum Gasteiger partial charge on any atom is -0.496 e. The number of methoxy groups -OCH3 is 1. The van der Waals surface area contributed by atoms with Crippen molar-refractivity contribution in [3.05, 3.63) is 53.7 Å². The fourth-order valence-corrected chi connectivity index (χ4v) is 4.72. The van der Waals surface area contributed by atoms with Crippen molar-refractivity contribution in [2.75, 3.05) is 30.5 Å². The maximum absolute atomic E-state index is 12.2. The zero-order chi connectivity index (χ0) is 19.3. The van der Waals surface area contributed by atoms with Crippen LogP contribution in [0.4, 0.5) is 5.82 Å². The summed E-state index contributed by atoms with van der Waals surface area (Å²) in [5, 5.41) is 5.97. The summed E-state index contributed by atoms with van der Waals surface area (Å²) in [4.78, 5) is 16.5. The molecule has 0 radical (unpaired) electrons. The van der Waals surface area contributed by atoms with Gasteiger partial charge in [0.05, 0.1) is 24.2 Å². The Hall–Kier alpha value is -2.61. The Bertz CT molecular complexity index is 897. The van der Waals surface area contributed by atoms with Crippen molar-refractivity contribution >= 4 is 21.6 Å². The van der Waals surface area contributed by atoms with Gasteiger partial charge in [-0.05, 0) is 36.6 Å². The molecule has 144 valence electrons. The number of sulfone groups is 1. The number of ether oxygens (including phenoxy) is 1. The van der Waals surface area contributed by atoms with E-state index < -0.39 is 9.84 Å². The third-order valence-corrected chi connectivity index (χ3v) is 6.25. The van der Waals surface area contributed by atoms with Crippen LogP contribution in [0.2, 0.25) is 0 Å². The quantitative estimate of drug-likeness (QED) is 0.748. The van der Waals surface area contributed by atoms with Gasteiger partial charge in [-0.1, -0.05) is 18.2 Å². The number of benzene rings is 1. The number of aromatic nitrogens is 1. The van der Waals surface area contributed by atoms with Gasteiger partial charge in [0, 0.05) is 18.8 Å². The minimum absolute atomic E-state index is 0.00869. The first-order valence-electron chi connectivity index (χ1n) is 8.80. The van der Waals surface area contributed by atoms with Gasteiger partial charge in [-0.3, -0.25) is 4.79 Å². The molecule has 2 aromatic rings. The van der Waals surface area contributed by atoms with Gasteiger partial charge in [0.1, 0.15) is 11.6 Å². The third-order valence-electron chi connectivity index (χ3n) is 4.49. The van der Waals surface area contributed by atoms with E-state index >= 15 is 0 Å². The van der Waals surface area contributed by atoms with E-state index in [2.05, 4.69) is 15.6 Å². The Morgan fingerprint density at radius 2 is 2.07 bits per heavy atom. The van der Waals surface area contributed by atoms with E-state index in [4.69, 9.17) is 4.74 Å². The second kappa shape index (κ2) is 8.39. The molecule has 27 heavy (non-hydrogen) atoms. The first kappa shape index (κ1) is 19.2. The molecule has 1 amide bonds. The van der Waals surface area contributed by atoms with Crippen molar-refractivity contribution < 1.29 is 17.9 Å². The SMILES string of the molecule is COc1ccccc1CCNc1ccc(C(=O)NC2CCS(=O)(=O)C2)cn1. The highest BCUT2D eigenvalue weighted by atomic mass is 32.2. The van der Waals surface area contributed by atoms with Crippen molar-refractivity contribution in [3.63, 3.8) is 0 Å². The standard InChI is InChI=1S/C19H23N3O4S/c1-26-17-5-3-2-4-14(17)8-10-20-18-7-6-15(12-21-18)19(23)22-16-9-11-27(24,25)13-16/h2-7,12,16H,8-11,13H2,1H3,(H,20,21)(H,22,23). The molecule has 1 aromatic carbocycles. The second-order valence-electron chi connectivity index (χ2n) is 6.49. The van der Waals surface area contributed by atoms with Gasteiger partial charge in [-0.15, -0.1) is 0 Å². The lowest BCUT2D eigenvalue weighted by Gasteiger charge is -2.11. The third kappa shape index (κ3) is 5.19. The van der Waals surface area contributed by atoms with Crippen molar-refractivity contribution in [2.45, 2.75) is 18.9 Å². The van der Waals surface area contributed by atoms with E-state index in [0.29, 0.717) is 24.3 Å². The summed E-state index contributed by atoms with van der Waals surface area (Å²) < 4.78 is 28.3. The first-order chi connectivity index (χ1) is 13.0. The molecule has 0 bridgehead atoms. The molecule has 1 aromatic heterocycles. The van der Waals surface area contributed by atoms with E-state index in [1.165, 1.54) is 6.20 Å². The summed E-state index contributed by atoms with van der Waals surface area (Å²) in [6.07, 6.45) is 2.73. The maximum atomic E-state index is 12.2. The van der Waals surface area contributed by atoms with Gasteiger partial charge in [-0.25, -0.2) is 13.4 Å². The van der Waals surface area contributed by atoms with Crippen LogP contribution in [0.3, 0.4) is 0 Å². The molecule has 0 aliphatic carbocycles. The van der Waals surface area contributed by atoms with E-state index in [0.717, 1.165) is 17.7 Å². The molecule has 1 aliphatic heterocycles. The summed E-state index contributed by atoms with van der Waals surface area (Å²) in [5.41, 5.74) is 1.52. The van der Waals surface area contributed by atoms with Crippen LogP contribution in [0.25, 0.3) is 0 Å². The highest BCUT2D eigenvalue weighted by Crippen LogP contribution is 2.18. The molecule has 0 spiro atoms. The fourth-order valence-electron chi connectivity index (χ4n) is 3.05. The average Bonchev–Trinajstić information content (AvgIpc) is 3.01. The molecule has 0 saturated carbocycles. The molecule has 1 unspecified atom stereocenters. The van der Waals surface area contributed by atoms with Gasteiger partial charge in [0.2, 0.25) is 0 Å². The lowest BCUT2D eigenvalue weighted by atomic mass is 10.1. The molecule has 2 heterocycles.